The number of hydrogen-bond donors (Lipinski definition) is 0. The van der Waals surface area contributed by atoms with Crippen LogP contribution in [0.15, 0.2) is 0 Å². The van der Waals surface area contributed by atoms with Crippen molar-refractivity contribution in [1.29, 1.82) is 0 Å². The minimum absolute atomic E-state index is 0.828. The molecule has 8 heavy (non-hydrogen) atoms. The molecule has 0 radical (unpaired) electrons. The van der Waals surface area contributed by atoms with Crippen LogP contribution >= 0.6 is 0 Å². The van der Waals surface area contributed by atoms with Crippen LogP contribution in [-0.4, -0.2) is 25.0 Å². The SMILES string of the molecule is C[C@H]1CC12CN(C)C2. The fourth-order valence-electron chi connectivity index (χ4n) is 2.02. The Hall–Kier alpha value is -0.0400. The van der Waals surface area contributed by atoms with Gasteiger partial charge in [0.25, 0.3) is 0 Å². The standard InChI is InChI=1S/C7H13N/c1-6-3-7(6)4-8(2)5-7/h6H,3-5H2,1-2H3/t6-/m0/s1. The molecule has 1 saturated heterocycles. The highest BCUT2D eigenvalue weighted by molar-refractivity contribution is 5.09. The van der Waals surface area contributed by atoms with Gasteiger partial charge in [-0.3, -0.25) is 0 Å². The van der Waals surface area contributed by atoms with Gasteiger partial charge in [0.15, 0.2) is 0 Å². The van der Waals surface area contributed by atoms with E-state index in [4.69, 9.17) is 0 Å². The van der Waals surface area contributed by atoms with Crippen molar-refractivity contribution >= 4 is 0 Å². The molecule has 0 bridgehead atoms. The van der Waals surface area contributed by atoms with Crippen molar-refractivity contribution in [3.63, 3.8) is 0 Å². The van der Waals surface area contributed by atoms with Crippen LogP contribution < -0.4 is 0 Å². The summed E-state index contributed by atoms with van der Waals surface area (Å²) < 4.78 is 0. The van der Waals surface area contributed by atoms with Gasteiger partial charge in [-0.05, 0) is 24.8 Å². The van der Waals surface area contributed by atoms with Gasteiger partial charge in [0.1, 0.15) is 0 Å². The number of likely N-dealkylation sites (tertiary alicyclic amines) is 1. The summed E-state index contributed by atoms with van der Waals surface area (Å²) in [6.07, 6.45) is 1.50. The van der Waals surface area contributed by atoms with Gasteiger partial charge in [-0.15, -0.1) is 0 Å². The third-order valence-corrected chi connectivity index (χ3v) is 2.77. The molecular weight excluding hydrogens is 98.1 g/mol. The molecule has 1 nitrogen and oxygen atoms in total. The summed E-state index contributed by atoms with van der Waals surface area (Å²) in [5.41, 5.74) is 0.828. The Morgan fingerprint density at radius 3 is 2.12 bits per heavy atom. The summed E-state index contributed by atoms with van der Waals surface area (Å²) in [5.74, 6) is 1.04. The maximum atomic E-state index is 2.41. The molecule has 0 aromatic heterocycles. The first-order valence-corrected chi connectivity index (χ1v) is 3.41. The average Bonchev–Trinajstić information content (AvgIpc) is 2.13. The molecule has 2 aliphatic rings. The van der Waals surface area contributed by atoms with Gasteiger partial charge in [-0.2, -0.15) is 0 Å². The summed E-state index contributed by atoms with van der Waals surface area (Å²) in [5, 5.41) is 0. The third-order valence-electron chi connectivity index (χ3n) is 2.77. The molecule has 2 rings (SSSR count). The maximum absolute atomic E-state index is 2.41. The van der Waals surface area contributed by atoms with E-state index in [0.717, 1.165) is 11.3 Å². The van der Waals surface area contributed by atoms with Gasteiger partial charge in [-0.1, -0.05) is 6.92 Å². The third kappa shape index (κ3) is 0.408. The maximum Gasteiger partial charge on any atom is 0.00501 e. The van der Waals surface area contributed by atoms with Gasteiger partial charge < -0.3 is 4.90 Å². The molecule has 0 unspecified atom stereocenters. The summed E-state index contributed by atoms with van der Waals surface area (Å²) in [6.45, 7) is 5.11. The van der Waals surface area contributed by atoms with Gasteiger partial charge in [0.2, 0.25) is 0 Å². The van der Waals surface area contributed by atoms with Crippen LogP contribution in [0.4, 0.5) is 0 Å². The Kier molecular flexibility index (Phi) is 0.663. The minimum Gasteiger partial charge on any atom is -0.305 e. The lowest BCUT2D eigenvalue weighted by atomic mass is 9.95. The lowest BCUT2D eigenvalue weighted by Gasteiger charge is -2.37. The van der Waals surface area contributed by atoms with E-state index >= 15 is 0 Å². The largest absolute Gasteiger partial charge is 0.305 e. The molecule has 0 N–H and O–H groups in total. The second kappa shape index (κ2) is 1.10. The van der Waals surface area contributed by atoms with Crippen LogP contribution in [0.1, 0.15) is 13.3 Å². The average molecular weight is 111 g/mol. The monoisotopic (exact) mass is 111 g/mol. The van der Waals surface area contributed by atoms with E-state index in [1.165, 1.54) is 19.5 Å². The quantitative estimate of drug-likeness (QED) is 0.450. The van der Waals surface area contributed by atoms with E-state index in [1.807, 2.05) is 0 Å². The lowest BCUT2D eigenvalue weighted by molar-refractivity contribution is 0.102. The predicted octanol–water partition coefficient (Wildman–Crippen LogP) is 0.958. The second-order valence-corrected chi connectivity index (χ2v) is 3.64. The van der Waals surface area contributed by atoms with Crippen molar-refractivity contribution in [3.8, 4) is 0 Å². The molecule has 0 aromatic rings. The van der Waals surface area contributed by atoms with Crippen molar-refractivity contribution in [2.24, 2.45) is 11.3 Å². The summed E-state index contributed by atoms with van der Waals surface area (Å²) >= 11 is 0. The highest BCUT2D eigenvalue weighted by Gasteiger charge is 2.57. The van der Waals surface area contributed by atoms with E-state index < -0.39 is 0 Å². The summed E-state index contributed by atoms with van der Waals surface area (Å²) in [6, 6.07) is 0. The number of nitrogens with zero attached hydrogens (tertiary/aromatic N) is 1. The Morgan fingerprint density at radius 2 is 2.00 bits per heavy atom. The normalized spacial score (nSPS) is 42.0. The zero-order valence-corrected chi connectivity index (χ0v) is 5.65. The molecule has 0 amide bonds. The molecule has 46 valence electrons. The first kappa shape index (κ1) is 4.80. The van der Waals surface area contributed by atoms with Gasteiger partial charge in [0, 0.05) is 13.1 Å². The Bertz CT molecular complexity index is 114. The molecule has 1 saturated carbocycles. The molecule has 2 fully saturated rings. The molecule has 1 aliphatic carbocycles. The molecule has 1 heteroatoms. The van der Waals surface area contributed by atoms with Crippen molar-refractivity contribution < 1.29 is 0 Å². The minimum atomic E-state index is 0.828. The van der Waals surface area contributed by atoms with E-state index in [9.17, 15) is 0 Å². The van der Waals surface area contributed by atoms with Crippen LogP contribution in [0.2, 0.25) is 0 Å². The van der Waals surface area contributed by atoms with Crippen molar-refractivity contribution in [3.05, 3.63) is 0 Å². The second-order valence-electron chi connectivity index (χ2n) is 3.64. The fourth-order valence-corrected chi connectivity index (χ4v) is 2.02. The highest BCUT2D eigenvalue weighted by atomic mass is 15.2. The van der Waals surface area contributed by atoms with Crippen LogP contribution in [0.3, 0.4) is 0 Å². The molecule has 1 atom stereocenters. The number of hydrogen-bond acceptors (Lipinski definition) is 1. The van der Waals surface area contributed by atoms with Crippen molar-refractivity contribution in [2.45, 2.75) is 13.3 Å². The molecule has 1 heterocycles. The topological polar surface area (TPSA) is 3.24 Å². The Morgan fingerprint density at radius 1 is 1.50 bits per heavy atom. The van der Waals surface area contributed by atoms with Crippen LogP contribution in [0, 0.1) is 11.3 Å². The zero-order valence-electron chi connectivity index (χ0n) is 5.65. The Balaban J connectivity index is 1.96. The predicted molar refractivity (Wildman–Crippen MR) is 33.7 cm³/mol. The van der Waals surface area contributed by atoms with Gasteiger partial charge in [0.05, 0.1) is 0 Å². The summed E-state index contributed by atoms with van der Waals surface area (Å²) in [7, 11) is 2.20. The van der Waals surface area contributed by atoms with Gasteiger partial charge in [-0.25, -0.2) is 0 Å². The molecule has 1 aliphatic heterocycles. The van der Waals surface area contributed by atoms with Gasteiger partial charge >= 0.3 is 0 Å². The number of rotatable bonds is 0. The first-order valence-electron chi connectivity index (χ1n) is 3.41. The first-order chi connectivity index (χ1) is 3.73. The molecular formula is C7H13N. The van der Waals surface area contributed by atoms with Crippen molar-refractivity contribution in [1.82, 2.24) is 4.90 Å². The lowest BCUT2D eigenvalue weighted by Crippen LogP contribution is -2.46. The Labute approximate surface area is 50.7 Å². The van der Waals surface area contributed by atoms with E-state index in [1.54, 1.807) is 0 Å². The van der Waals surface area contributed by atoms with Crippen LogP contribution in [0.5, 0.6) is 0 Å². The van der Waals surface area contributed by atoms with Crippen molar-refractivity contribution in [2.75, 3.05) is 20.1 Å². The highest BCUT2D eigenvalue weighted by Crippen LogP contribution is 2.57. The fraction of sp³-hybridized carbons (Fsp3) is 1.00. The summed E-state index contributed by atoms with van der Waals surface area (Å²) in [4.78, 5) is 2.41. The smallest absolute Gasteiger partial charge is 0.00501 e. The van der Waals surface area contributed by atoms with Crippen LogP contribution in [-0.2, 0) is 0 Å². The molecule has 0 aromatic carbocycles. The zero-order chi connectivity index (χ0) is 5.78. The van der Waals surface area contributed by atoms with E-state index in [-0.39, 0.29) is 0 Å². The van der Waals surface area contributed by atoms with Crippen LogP contribution in [0.25, 0.3) is 0 Å². The van der Waals surface area contributed by atoms with E-state index in [2.05, 4.69) is 18.9 Å². The molecule has 1 spiro atoms. The van der Waals surface area contributed by atoms with E-state index in [0.29, 0.717) is 0 Å².